The molecule has 0 saturated heterocycles. The van der Waals surface area contributed by atoms with Crippen molar-refractivity contribution in [1.82, 2.24) is 33.9 Å². The molecule has 5 rings (SSSR count). The Kier molecular flexibility index (Phi) is 12.9. The SMILES string of the molecule is CCOC(=O)C(Cl)Cc1cc(-n2nc(C)n(C(F)F)c2=O)c(F)cc1Cl.COc1cc(OC)n2nc(S(=O)(=O)Nc3c(Cl)ccc(C)c3Cl)nc2n1. The lowest BCUT2D eigenvalue weighted by Crippen LogP contribution is -2.25. The van der Waals surface area contributed by atoms with Gasteiger partial charge in [-0.15, -0.1) is 21.8 Å². The van der Waals surface area contributed by atoms with Crippen LogP contribution >= 0.6 is 46.4 Å². The van der Waals surface area contributed by atoms with E-state index in [1.54, 1.807) is 19.9 Å². The highest BCUT2D eigenvalue weighted by Gasteiger charge is 2.26. The fourth-order valence-corrected chi connectivity index (χ4v) is 6.36. The molecule has 0 spiro atoms. The van der Waals surface area contributed by atoms with Crippen molar-refractivity contribution < 1.29 is 40.6 Å². The summed E-state index contributed by atoms with van der Waals surface area (Å²) in [6, 6.07) is 6.68. The quantitative estimate of drug-likeness (QED) is 0.126. The van der Waals surface area contributed by atoms with Gasteiger partial charge in [-0.3, -0.25) is 9.52 Å². The van der Waals surface area contributed by atoms with Crippen LogP contribution in [0.5, 0.6) is 11.8 Å². The summed E-state index contributed by atoms with van der Waals surface area (Å²) in [6.07, 6.45) is -0.115. The number of ether oxygens (including phenoxy) is 3. The van der Waals surface area contributed by atoms with Crippen LogP contribution in [0, 0.1) is 19.7 Å². The lowest BCUT2D eigenvalue weighted by atomic mass is 10.1. The average molecular weight is 830 g/mol. The highest BCUT2D eigenvalue weighted by molar-refractivity contribution is 7.92. The second-order valence-electron chi connectivity index (χ2n) is 10.3. The van der Waals surface area contributed by atoms with Crippen LogP contribution in [0.2, 0.25) is 15.1 Å². The number of nitrogens with zero attached hydrogens (tertiary/aromatic N) is 7. The number of aromatic nitrogens is 7. The number of anilines is 1. The van der Waals surface area contributed by atoms with E-state index in [0.29, 0.717) is 10.2 Å². The van der Waals surface area contributed by atoms with Crippen LogP contribution in [0.1, 0.15) is 30.4 Å². The summed E-state index contributed by atoms with van der Waals surface area (Å²) in [4.78, 5) is 31.7. The average Bonchev–Trinajstić information content (AvgIpc) is 3.66. The lowest BCUT2D eigenvalue weighted by Gasteiger charge is -2.12. The normalized spacial score (nSPS) is 12.0. The Labute approximate surface area is 313 Å². The van der Waals surface area contributed by atoms with Gasteiger partial charge in [-0.25, -0.2) is 13.8 Å². The summed E-state index contributed by atoms with van der Waals surface area (Å²) in [5, 5.41) is 6.26. The molecule has 0 fully saturated rings. The van der Waals surface area contributed by atoms with Crippen LogP contribution in [-0.4, -0.2) is 74.5 Å². The topological polar surface area (TPSA) is 174 Å². The Morgan fingerprint density at radius 1 is 1.02 bits per heavy atom. The van der Waals surface area contributed by atoms with E-state index in [0.717, 1.165) is 16.6 Å². The molecule has 1 atom stereocenters. The molecule has 0 saturated carbocycles. The third kappa shape index (κ3) is 8.66. The van der Waals surface area contributed by atoms with Gasteiger partial charge in [-0.2, -0.15) is 36.4 Å². The number of halogens is 7. The van der Waals surface area contributed by atoms with E-state index in [2.05, 4.69) is 24.9 Å². The van der Waals surface area contributed by atoms with E-state index in [1.807, 2.05) is 0 Å². The van der Waals surface area contributed by atoms with Crippen LogP contribution < -0.4 is 19.9 Å². The predicted molar refractivity (Wildman–Crippen MR) is 185 cm³/mol. The number of esters is 1. The Morgan fingerprint density at radius 3 is 2.31 bits per heavy atom. The number of hydrogen-bond donors (Lipinski definition) is 1. The number of fused-ring (bicyclic) bond motifs is 1. The molecule has 1 N–H and O–H groups in total. The predicted octanol–water partition coefficient (Wildman–Crippen LogP) is 5.80. The summed E-state index contributed by atoms with van der Waals surface area (Å²) in [5.41, 5.74) is -0.663. The van der Waals surface area contributed by atoms with Crippen molar-refractivity contribution in [2.75, 3.05) is 25.5 Å². The smallest absolute Gasteiger partial charge is 0.355 e. The van der Waals surface area contributed by atoms with Gasteiger partial charge >= 0.3 is 18.2 Å². The summed E-state index contributed by atoms with van der Waals surface area (Å²) >= 11 is 24.1. The van der Waals surface area contributed by atoms with Gasteiger partial charge < -0.3 is 14.2 Å². The van der Waals surface area contributed by atoms with Crippen molar-refractivity contribution in [3.63, 3.8) is 0 Å². The molecule has 0 bridgehead atoms. The Balaban J connectivity index is 0.000000233. The standard InChI is InChI=1S/C15H14Cl2F3N3O3.C14H13Cl2N5O4S/c1-3-26-13(24)10(17)4-8-5-12(11(18)6-9(8)16)23-15(25)22(14(19)20)7(2)21-23;1-7-4-5-8(15)12(11(7)16)20-26(22,23)14-18-13-17-9(24-2)6-10(25-3)21(13)19-14/h5-6,10,14H,3-4H2,1-2H3;4-6,20H,1-3H3. The van der Waals surface area contributed by atoms with Crippen LogP contribution in [0.15, 0.2) is 40.3 Å². The fraction of sp³-hybridized carbons (Fsp3) is 0.310. The molecule has 2 aromatic carbocycles. The van der Waals surface area contributed by atoms with Gasteiger partial charge in [0.05, 0.1) is 42.6 Å². The number of nitrogens with one attached hydrogen (secondary N) is 1. The van der Waals surface area contributed by atoms with Crippen LogP contribution in [0.3, 0.4) is 0 Å². The molecule has 23 heteroatoms. The van der Waals surface area contributed by atoms with E-state index >= 15 is 0 Å². The van der Waals surface area contributed by atoms with Crippen molar-refractivity contribution in [3.8, 4) is 17.4 Å². The minimum absolute atomic E-state index is 0.0111. The second kappa shape index (κ2) is 16.6. The summed E-state index contributed by atoms with van der Waals surface area (Å²) in [5.74, 6) is -1.53. The molecule has 0 amide bonds. The van der Waals surface area contributed by atoms with E-state index in [4.69, 9.17) is 60.6 Å². The Bertz CT molecular complexity index is 2300. The maximum absolute atomic E-state index is 14.2. The second-order valence-corrected chi connectivity index (χ2v) is 13.6. The highest BCUT2D eigenvalue weighted by Crippen LogP contribution is 2.34. The number of aryl methyl sites for hydroxylation is 2. The number of rotatable bonds is 11. The maximum Gasteiger partial charge on any atom is 0.355 e. The van der Waals surface area contributed by atoms with Crippen LogP contribution in [0.25, 0.3) is 11.5 Å². The number of carbonyl (C=O) groups excluding carboxylic acids is 1. The fourth-order valence-electron chi connectivity index (χ4n) is 4.36. The molecule has 15 nitrogen and oxygen atoms in total. The number of hydrogen-bond acceptors (Lipinski definition) is 11. The first-order valence-electron chi connectivity index (χ1n) is 14.5. The summed E-state index contributed by atoms with van der Waals surface area (Å²) < 4.78 is 84.5. The zero-order chi connectivity index (χ0) is 38.7. The van der Waals surface area contributed by atoms with E-state index < -0.39 is 44.6 Å². The molecular weight excluding hydrogens is 803 g/mol. The third-order valence-corrected chi connectivity index (χ3v) is 9.49. The van der Waals surface area contributed by atoms with Gasteiger partial charge in [0.1, 0.15) is 16.9 Å². The monoisotopic (exact) mass is 828 g/mol. The van der Waals surface area contributed by atoms with Gasteiger partial charge in [0, 0.05) is 11.4 Å². The molecule has 3 aromatic heterocycles. The van der Waals surface area contributed by atoms with E-state index in [9.17, 15) is 31.2 Å². The minimum atomic E-state index is -4.18. The lowest BCUT2D eigenvalue weighted by molar-refractivity contribution is -0.142. The Hall–Kier alpha value is -4.30. The highest BCUT2D eigenvalue weighted by atomic mass is 35.5. The number of carbonyl (C=O) groups is 1. The Morgan fingerprint density at radius 2 is 1.71 bits per heavy atom. The van der Waals surface area contributed by atoms with Crippen molar-refractivity contribution in [3.05, 3.63) is 78.7 Å². The first-order chi connectivity index (χ1) is 24.4. The number of alkyl halides is 3. The van der Waals surface area contributed by atoms with E-state index in [-0.39, 0.29) is 73.0 Å². The van der Waals surface area contributed by atoms with Crippen molar-refractivity contribution >= 4 is 73.9 Å². The number of benzene rings is 2. The molecule has 0 radical (unpaired) electrons. The molecule has 3 heterocycles. The molecule has 0 aliphatic rings. The van der Waals surface area contributed by atoms with Gasteiger partial charge in [-0.1, -0.05) is 40.9 Å². The van der Waals surface area contributed by atoms with Gasteiger partial charge in [0.15, 0.2) is 5.82 Å². The maximum atomic E-state index is 14.2. The number of methoxy groups -OCH3 is 2. The van der Waals surface area contributed by atoms with Gasteiger partial charge in [-0.05, 0) is 50.1 Å². The van der Waals surface area contributed by atoms with Gasteiger partial charge in [0.2, 0.25) is 11.8 Å². The van der Waals surface area contributed by atoms with Gasteiger partial charge in [0.25, 0.3) is 21.0 Å². The molecule has 52 heavy (non-hydrogen) atoms. The summed E-state index contributed by atoms with van der Waals surface area (Å²) in [6.45, 7) is 1.53. The van der Waals surface area contributed by atoms with Crippen LogP contribution in [-0.2, 0) is 26.0 Å². The first-order valence-corrected chi connectivity index (χ1v) is 17.6. The van der Waals surface area contributed by atoms with E-state index in [1.165, 1.54) is 33.3 Å². The molecule has 280 valence electrons. The first kappa shape index (κ1) is 40.5. The van der Waals surface area contributed by atoms with Crippen LogP contribution in [0.4, 0.5) is 18.9 Å². The third-order valence-electron chi connectivity index (χ3n) is 6.88. The largest absolute Gasteiger partial charge is 0.481 e. The molecular formula is C29H27Cl4F3N8O7S. The zero-order valence-corrected chi connectivity index (χ0v) is 31.3. The molecule has 0 aliphatic carbocycles. The molecule has 1 unspecified atom stereocenters. The zero-order valence-electron chi connectivity index (χ0n) is 27.5. The van der Waals surface area contributed by atoms with Crippen molar-refractivity contribution in [2.24, 2.45) is 0 Å². The van der Waals surface area contributed by atoms with Crippen molar-refractivity contribution in [2.45, 2.75) is 44.3 Å². The van der Waals surface area contributed by atoms with Crippen molar-refractivity contribution in [1.29, 1.82) is 0 Å². The number of sulfonamides is 1. The minimum Gasteiger partial charge on any atom is -0.481 e. The molecule has 5 aromatic rings. The molecule has 0 aliphatic heterocycles. The summed E-state index contributed by atoms with van der Waals surface area (Å²) in [7, 11) is -1.37.